The summed E-state index contributed by atoms with van der Waals surface area (Å²) >= 11 is 7.01. The Bertz CT molecular complexity index is 1070. The molecule has 0 unspecified atom stereocenters. The van der Waals surface area contributed by atoms with Crippen LogP contribution < -0.4 is 15.6 Å². The molecular weight excluding hydrogens is 522 g/mol. The summed E-state index contributed by atoms with van der Waals surface area (Å²) < 4.78 is 7.54. The van der Waals surface area contributed by atoms with Crippen LogP contribution in [-0.2, 0) is 10.2 Å². The van der Waals surface area contributed by atoms with Crippen LogP contribution in [0.15, 0.2) is 51.5 Å². The highest BCUT2D eigenvalue weighted by atomic mass is 79.9. The van der Waals surface area contributed by atoms with Gasteiger partial charge in [0.1, 0.15) is 5.75 Å². The van der Waals surface area contributed by atoms with Crippen molar-refractivity contribution in [1.82, 2.24) is 10.4 Å². The Morgan fingerprint density at radius 2 is 1.74 bits per heavy atom. The molecule has 0 radical (unpaired) electrons. The summed E-state index contributed by atoms with van der Waals surface area (Å²) in [7, 11) is 0. The lowest BCUT2D eigenvalue weighted by Crippen LogP contribution is -2.33. The SMILES string of the molecule is CC(C)(C)CC(C)(C)c1ccc(OCC(=O)NNc2c[nH]c3c(Br)cc(Br)cc23)cc1. The van der Waals surface area contributed by atoms with Crippen molar-refractivity contribution in [3.8, 4) is 5.75 Å². The molecule has 1 heterocycles. The maximum Gasteiger partial charge on any atom is 0.276 e. The van der Waals surface area contributed by atoms with E-state index < -0.39 is 0 Å². The van der Waals surface area contributed by atoms with Gasteiger partial charge in [-0.25, -0.2) is 0 Å². The highest BCUT2D eigenvalue weighted by Crippen LogP contribution is 2.36. The zero-order valence-corrected chi connectivity index (χ0v) is 21.7. The molecule has 3 N–H and O–H groups in total. The second kappa shape index (κ2) is 9.25. The second-order valence-corrected chi connectivity index (χ2v) is 11.4. The predicted octanol–water partition coefficient (Wildman–Crippen LogP) is 6.93. The topological polar surface area (TPSA) is 66.2 Å². The molecule has 0 fully saturated rings. The van der Waals surface area contributed by atoms with Gasteiger partial charge in [0.25, 0.3) is 5.91 Å². The van der Waals surface area contributed by atoms with E-state index in [0.717, 1.165) is 32.0 Å². The Morgan fingerprint density at radius 1 is 1.06 bits per heavy atom. The maximum absolute atomic E-state index is 12.2. The molecular formula is C24H29Br2N3O2. The molecule has 2 aromatic carbocycles. The lowest BCUT2D eigenvalue weighted by atomic mass is 9.72. The number of hydrazine groups is 1. The van der Waals surface area contributed by atoms with Crippen molar-refractivity contribution in [3.63, 3.8) is 0 Å². The molecule has 0 bridgehead atoms. The Balaban J connectivity index is 1.54. The number of rotatable bonds is 7. The molecule has 0 spiro atoms. The van der Waals surface area contributed by atoms with Gasteiger partial charge in [-0.3, -0.25) is 15.6 Å². The molecule has 0 aliphatic rings. The molecule has 1 amide bonds. The van der Waals surface area contributed by atoms with Gasteiger partial charge in [0.2, 0.25) is 0 Å². The summed E-state index contributed by atoms with van der Waals surface area (Å²) in [5.74, 6) is 0.408. The van der Waals surface area contributed by atoms with Crippen molar-refractivity contribution in [2.75, 3.05) is 12.0 Å². The smallest absolute Gasteiger partial charge is 0.276 e. The van der Waals surface area contributed by atoms with E-state index in [9.17, 15) is 4.79 Å². The third-order valence-electron chi connectivity index (χ3n) is 5.02. The minimum Gasteiger partial charge on any atom is -0.484 e. The molecule has 0 saturated heterocycles. The van der Waals surface area contributed by atoms with Crippen LogP contribution in [0.5, 0.6) is 5.75 Å². The third-order valence-corrected chi connectivity index (χ3v) is 6.10. The van der Waals surface area contributed by atoms with Gasteiger partial charge in [-0.15, -0.1) is 0 Å². The molecule has 5 nitrogen and oxygen atoms in total. The molecule has 3 rings (SSSR count). The first-order valence-electron chi connectivity index (χ1n) is 10.2. The number of hydrogen-bond acceptors (Lipinski definition) is 3. The predicted molar refractivity (Wildman–Crippen MR) is 134 cm³/mol. The third kappa shape index (κ3) is 6.26. The van der Waals surface area contributed by atoms with Crippen LogP contribution >= 0.6 is 31.9 Å². The quantitative estimate of drug-likeness (QED) is 0.279. The number of halogens is 2. The number of carbonyl (C=O) groups excluding carboxylic acids is 1. The van der Waals surface area contributed by atoms with E-state index in [-0.39, 0.29) is 23.3 Å². The van der Waals surface area contributed by atoms with E-state index in [1.807, 2.05) is 24.3 Å². The Hall–Kier alpha value is -1.99. The van der Waals surface area contributed by atoms with Crippen molar-refractivity contribution in [2.45, 2.75) is 46.5 Å². The molecule has 166 valence electrons. The summed E-state index contributed by atoms with van der Waals surface area (Å²) in [5.41, 5.74) is 8.95. The van der Waals surface area contributed by atoms with Gasteiger partial charge >= 0.3 is 0 Å². The van der Waals surface area contributed by atoms with Crippen molar-refractivity contribution in [1.29, 1.82) is 0 Å². The fraction of sp³-hybridized carbons (Fsp3) is 0.375. The average molecular weight is 551 g/mol. The van der Waals surface area contributed by atoms with Gasteiger partial charge in [0.15, 0.2) is 6.61 Å². The van der Waals surface area contributed by atoms with Crippen LogP contribution in [0.25, 0.3) is 10.9 Å². The summed E-state index contributed by atoms with van der Waals surface area (Å²) in [6.45, 7) is 11.2. The number of hydrogen-bond donors (Lipinski definition) is 3. The van der Waals surface area contributed by atoms with Crippen molar-refractivity contribution in [3.05, 3.63) is 57.1 Å². The minimum atomic E-state index is -0.263. The Labute approximate surface area is 200 Å². The standard InChI is InChI=1S/C24H29Br2N3O2/c1-23(2,3)14-24(4,5)15-6-8-17(9-7-15)31-13-21(30)29-28-20-12-27-22-18(20)10-16(25)11-19(22)26/h6-12,27-28H,13-14H2,1-5H3,(H,29,30). The lowest BCUT2D eigenvalue weighted by Gasteiger charge is -2.33. The summed E-state index contributed by atoms with van der Waals surface area (Å²) in [6, 6.07) is 12.0. The molecule has 0 atom stereocenters. The van der Waals surface area contributed by atoms with E-state index in [1.165, 1.54) is 5.56 Å². The fourth-order valence-electron chi connectivity index (χ4n) is 4.01. The zero-order chi connectivity index (χ0) is 22.8. The van der Waals surface area contributed by atoms with Crippen molar-refractivity contribution in [2.24, 2.45) is 5.41 Å². The number of H-pyrrole nitrogens is 1. The first kappa shape index (κ1) is 23.7. The van der Waals surface area contributed by atoms with E-state index in [2.05, 4.69) is 94.4 Å². The largest absolute Gasteiger partial charge is 0.484 e. The number of nitrogens with one attached hydrogen (secondary N) is 3. The number of amides is 1. The molecule has 7 heteroatoms. The highest BCUT2D eigenvalue weighted by Gasteiger charge is 2.27. The zero-order valence-electron chi connectivity index (χ0n) is 18.5. The van der Waals surface area contributed by atoms with Crippen LogP contribution in [0, 0.1) is 5.41 Å². The number of aromatic amines is 1. The molecule has 0 saturated carbocycles. The number of carbonyl (C=O) groups is 1. The van der Waals surface area contributed by atoms with Gasteiger partial charge in [0.05, 0.1) is 11.2 Å². The van der Waals surface area contributed by atoms with E-state index in [1.54, 1.807) is 6.20 Å². The van der Waals surface area contributed by atoms with Gasteiger partial charge in [-0.2, -0.15) is 0 Å². The molecule has 0 aliphatic heterocycles. The maximum atomic E-state index is 12.2. The first-order chi connectivity index (χ1) is 14.4. The number of fused-ring (bicyclic) bond motifs is 1. The lowest BCUT2D eigenvalue weighted by molar-refractivity contribution is -0.122. The average Bonchev–Trinajstić information content (AvgIpc) is 3.06. The van der Waals surface area contributed by atoms with Gasteiger partial charge in [-0.05, 0) is 63.0 Å². The fourth-order valence-corrected chi connectivity index (χ4v) is 5.35. The molecule has 3 aromatic rings. The van der Waals surface area contributed by atoms with E-state index in [0.29, 0.717) is 5.75 Å². The second-order valence-electron chi connectivity index (χ2n) is 9.62. The molecule has 1 aromatic heterocycles. The number of anilines is 1. The van der Waals surface area contributed by atoms with Gasteiger partial charge in [0, 0.05) is 20.5 Å². The molecule has 0 aliphatic carbocycles. The number of ether oxygens (including phenoxy) is 1. The van der Waals surface area contributed by atoms with Crippen molar-refractivity contribution < 1.29 is 9.53 Å². The van der Waals surface area contributed by atoms with Crippen LogP contribution in [0.2, 0.25) is 0 Å². The first-order valence-corrected chi connectivity index (χ1v) is 11.8. The Morgan fingerprint density at radius 3 is 2.39 bits per heavy atom. The van der Waals surface area contributed by atoms with Crippen LogP contribution in [0.3, 0.4) is 0 Å². The summed E-state index contributed by atoms with van der Waals surface area (Å²) in [6.07, 6.45) is 2.89. The van der Waals surface area contributed by atoms with Crippen molar-refractivity contribution >= 4 is 54.4 Å². The highest BCUT2D eigenvalue weighted by molar-refractivity contribution is 9.11. The Kier molecular flexibility index (Phi) is 7.06. The monoisotopic (exact) mass is 549 g/mol. The van der Waals surface area contributed by atoms with Crippen LogP contribution in [-0.4, -0.2) is 17.5 Å². The normalized spacial score (nSPS) is 12.1. The van der Waals surface area contributed by atoms with E-state index in [4.69, 9.17) is 4.74 Å². The van der Waals surface area contributed by atoms with Gasteiger partial charge in [-0.1, -0.05) is 62.7 Å². The minimum absolute atomic E-state index is 0.0708. The summed E-state index contributed by atoms with van der Waals surface area (Å²) in [4.78, 5) is 15.4. The number of aromatic nitrogens is 1. The van der Waals surface area contributed by atoms with Gasteiger partial charge < -0.3 is 9.72 Å². The van der Waals surface area contributed by atoms with E-state index >= 15 is 0 Å². The summed E-state index contributed by atoms with van der Waals surface area (Å²) in [5, 5.41) is 0.955. The van der Waals surface area contributed by atoms with Crippen LogP contribution in [0.4, 0.5) is 5.69 Å². The molecule has 31 heavy (non-hydrogen) atoms. The number of benzene rings is 2. The van der Waals surface area contributed by atoms with Crippen LogP contribution in [0.1, 0.15) is 46.6 Å².